The standard InChI is InChI=1S/2C14H12O3.C7H7NO2/c2*1-17-11-7-8-12(13(15)9-11)14(16)10-5-3-2-4-6-10;8-6-4-2-1-3-5(6)7(9)10/h2*2-9,15H,1H3;1-4H,8H2,(H,9,10). The number of hydrogen-bond acceptors (Lipinski definition) is 8. The van der Waals surface area contributed by atoms with E-state index in [4.69, 9.17) is 20.3 Å². The van der Waals surface area contributed by atoms with Crippen molar-refractivity contribution in [3.63, 3.8) is 0 Å². The van der Waals surface area contributed by atoms with Crippen molar-refractivity contribution >= 4 is 23.2 Å². The minimum absolute atomic E-state index is 0.0711. The summed E-state index contributed by atoms with van der Waals surface area (Å²) in [6.07, 6.45) is 0. The van der Waals surface area contributed by atoms with Crippen LogP contribution in [0.3, 0.4) is 0 Å². The maximum Gasteiger partial charge on any atom is 0.337 e. The summed E-state index contributed by atoms with van der Waals surface area (Å²) in [6.45, 7) is 0. The van der Waals surface area contributed by atoms with Crippen LogP contribution >= 0.6 is 0 Å². The van der Waals surface area contributed by atoms with Crippen LogP contribution in [0.4, 0.5) is 5.69 Å². The molecule has 5 aromatic rings. The Hall–Kier alpha value is -6.09. The highest BCUT2D eigenvalue weighted by Gasteiger charge is 2.14. The molecule has 0 radical (unpaired) electrons. The molecular weight excluding hydrogens is 562 g/mol. The van der Waals surface area contributed by atoms with E-state index in [-0.39, 0.29) is 39.8 Å². The van der Waals surface area contributed by atoms with Gasteiger partial charge in [0.25, 0.3) is 0 Å². The lowest BCUT2D eigenvalue weighted by Crippen LogP contribution is -2.01. The zero-order valence-corrected chi connectivity index (χ0v) is 24.0. The summed E-state index contributed by atoms with van der Waals surface area (Å²) in [6, 6.07) is 33.3. The van der Waals surface area contributed by atoms with Crippen molar-refractivity contribution in [2.75, 3.05) is 20.0 Å². The molecule has 5 aromatic carbocycles. The van der Waals surface area contributed by atoms with E-state index >= 15 is 0 Å². The molecule has 5 N–H and O–H groups in total. The van der Waals surface area contributed by atoms with Crippen molar-refractivity contribution in [1.29, 1.82) is 0 Å². The summed E-state index contributed by atoms with van der Waals surface area (Å²) in [5, 5.41) is 28.0. The summed E-state index contributed by atoms with van der Waals surface area (Å²) >= 11 is 0. The largest absolute Gasteiger partial charge is 0.507 e. The van der Waals surface area contributed by atoms with Crippen LogP contribution in [-0.2, 0) is 0 Å². The molecule has 5 rings (SSSR count). The maximum absolute atomic E-state index is 12.1. The first-order chi connectivity index (χ1) is 21.2. The van der Waals surface area contributed by atoms with Gasteiger partial charge in [0.15, 0.2) is 11.6 Å². The van der Waals surface area contributed by atoms with E-state index in [2.05, 4.69) is 0 Å². The average molecular weight is 594 g/mol. The number of rotatable bonds is 7. The van der Waals surface area contributed by atoms with Gasteiger partial charge in [0.1, 0.15) is 23.0 Å². The Morgan fingerprint density at radius 1 is 0.545 bits per heavy atom. The summed E-state index contributed by atoms with van der Waals surface area (Å²) in [7, 11) is 3.01. The van der Waals surface area contributed by atoms with Crippen LogP contribution in [0.1, 0.15) is 42.2 Å². The van der Waals surface area contributed by atoms with E-state index < -0.39 is 5.97 Å². The Bertz CT molecular complexity index is 1620. The second-order valence-electron chi connectivity index (χ2n) is 9.05. The van der Waals surface area contributed by atoms with Crippen LogP contribution in [-0.4, -0.2) is 47.1 Å². The highest BCUT2D eigenvalue weighted by Crippen LogP contribution is 2.26. The number of nitrogens with two attached hydrogens (primary N) is 1. The Morgan fingerprint density at radius 3 is 1.25 bits per heavy atom. The Balaban J connectivity index is 0.000000187. The maximum atomic E-state index is 12.1. The zero-order chi connectivity index (χ0) is 32.1. The lowest BCUT2D eigenvalue weighted by atomic mass is 10.0. The molecule has 0 unspecified atom stereocenters. The zero-order valence-electron chi connectivity index (χ0n) is 24.0. The molecule has 0 saturated heterocycles. The fourth-order valence-electron chi connectivity index (χ4n) is 3.84. The SMILES string of the molecule is COc1ccc(C(=O)c2ccccc2)c(O)c1.COc1ccc(C(=O)c2ccccc2)c(O)c1.Nc1ccccc1C(=O)O. The quantitative estimate of drug-likeness (QED) is 0.127. The number of aromatic carboxylic acids is 1. The molecule has 0 bridgehead atoms. The number of anilines is 1. The molecule has 0 fully saturated rings. The van der Waals surface area contributed by atoms with Crippen LogP contribution in [0.15, 0.2) is 121 Å². The molecule has 224 valence electrons. The third kappa shape index (κ3) is 8.70. The number of nitrogen functional groups attached to an aromatic ring is 1. The number of carboxylic acid groups (broad SMARTS) is 1. The number of ether oxygens (including phenoxy) is 2. The fourth-order valence-corrected chi connectivity index (χ4v) is 3.84. The highest BCUT2D eigenvalue weighted by atomic mass is 16.5. The monoisotopic (exact) mass is 593 g/mol. The lowest BCUT2D eigenvalue weighted by Gasteiger charge is -2.06. The van der Waals surface area contributed by atoms with Gasteiger partial charge < -0.3 is 30.5 Å². The van der Waals surface area contributed by atoms with E-state index in [1.807, 2.05) is 12.1 Å². The van der Waals surface area contributed by atoms with Gasteiger partial charge in [0.2, 0.25) is 0 Å². The van der Waals surface area contributed by atoms with E-state index in [0.717, 1.165) is 0 Å². The van der Waals surface area contributed by atoms with Gasteiger partial charge in [-0.25, -0.2) is 4.79 Å². The summed E-state index contributed by atoms with van der Waals surface area (Å²) in [4.78, 5) is 34.5. The number of benzene rings is 5. The van der Waals surface area contributed by atoms with Crippen LogP contribution < -0.4 is 15.2 Å². The molecule has 0 spiro atoms. The predicted molar refractivity (Wildman–Crippen MR) is 167 cm³/mol. The smallest absolute Gasteiger partial charge is 0.337 e. The molecule has 0 aromatic heterocycles. The molecule has 0 heterocycles. The van der Waals surface area contributed by atoms with Gasteiger partial charge in [0, 0.05) is 28.9 Å². The first-order valence-electron chi connectivity index (χ1n) is 13.2. The normalized spacial score (nSPS) is 9.77. The molecule has 0 amide bonds. The van der Waals surface area contributed by atoms with Gasteiger partial charge >= 0.3 is 5.97 Å². The minimum atomic E-state index is -0.988. The number of carbonyl (C=O) groups is 3. The molecule has 0 aliphatic rings. The van der Waals surface area contributed by atoms with Crippen molar-refractivity contribution < 1.29 is 39.2 Å². The van der Waals surface area contributed by atoms with Gasteiger partial charge in [-0.2, -0.15) is 0 Å². The average Bonchev–Trinajstić information content (AvgIpc) is 3.05. The summed E-state index contributed by atoms with van der Waals surface area (Å²) in [5.41, 5.74) is 7.44. The highest BCUT2D eigenvalue weighted by molar-refractivity contribution is 6.11. The number of phenols is 2. The molecule has 0 aliphatic carbocycles. The Labute approximate surface area is 254 Å². The first kappa shape index (κ1) is 32.4. The van der Waals surface area contributed by atoms with Gasteiger partial charge in [-0.15, -0.1) is 0 Å². The van der Waals surface area contributed by atoms with Crippen LogP contribution in [0.5, 0.6) is 23.0 Å². The van der Waals surface area contributed by atoms with Crippen LogP contribution in [0.25, 0.3) is 0 Å². The number of para-hydroxylation sites is 1. The number of hydrogen-bond donors (Lipinski definition) is 4. The van der Waals surface area contributed by atoms with Gasteiger partial charge in [0.05, 0.1) is 30.9 Å². The molecule has 0 atom stereocenters. The summed E-state index contributed by atoms with van der Waals surface area (Å²) in [5.74, 6) is -0.495. The van der Waals surface area contributed by atoms with Crippen molar-refractivity contribution in [2.45, 2.75) is 0 Å². The topological polar surface area (TPSA) is 156 Å². The number of aromatic hydroxyl groups is 2. The molecule has 9 nitrogen and oxygen atoms in total. The van der Waals surface area contributed by atoms with Crippen molar-refractivity contribution in [3.05, 3.63) is 149 Å². The number of methoxy groups -OCH3 is 2. The van der Waals surface area contributed by atoms with Gasteiger partial charge in [-0.05, 0) is 36.4 Å². The first-order valence-corrected chi connectivity index (χ1v) is 13.2. The lowest BCUT2D eigenvalue weighted by molar-refractivity contribution is 0.0697. The minimum Gasteiger partial charge on any atom is -0.507 e. The predicted octanol–water partition coefficient (Wildman–Crippen LogP) is 6.23. The molecule has 0 saturated carbocycles. The number of ketones is 2. The van der Waals surface area contributed by atoms with Crippen molar-refractivity contribution in [3.8, 4) is 23.0 Å². The van der Waals surface area contributed by atoms with E-state index in [9.17, 15) is 24.6 Å². The van der Waals surface area contributed by atoms with Crippen LogP contribution in [0, 0.1) is 0 Å². The number of carbonyl (C=O) groups excluding carboxylic acids is 2. The third-order valence-electron chi connectivity index (χ3n) is 6.16. The summed E-state index contributed by atoms with van der Waals surface area (Å²) < 4.78 is 9.93. The van der Waals surface area contributed by atoms with Crippen molar-refractivity contribution in [1.82, 2.24) is 0 Å². The fraction of sp³-hybridized carbons (Fsp3) is 0.0571. The molecule has 44 heavy (non-hydrogen) atoms. The number of carboxylic acids is 1. The third-order valence-corrected chi connectivity index (χ3v) is 6.16. The number of phenolic OH excluding ortho intramolecular Hbond substituents is 2. The Kier molecular flexibility index (Phi) is 11.6. The van der Waals surface area contributed by atoms with E-state index in [1.165, 1.54) is 32.4 Å². The van der Waals surface area contributed by atoms with Crippen molar-refractivity contribution in [2.24, 2.45) is 0 Å². The Morgan fingerprint density at radius 2 is 0.932 bits per heavy atom. The molecular formula is C35H31NO8. The van der Waals surface area contributed by atoms with Crippen LogP contribution in [0.2, 0.25) is 0 Å². The second kappa shape index (κ2) is 15.8. The molecule has 9 heteroatoms. The van der Waals surface area contributed by atoms with Gasteiger partial charge in [-0.3, -0.25) is 9.59 Å². The van der Waals surface area contributed by atoms with Gasteiger partial charge in [-0.1, -0.05) is 72.8 Å². The molecule has 0 aliphatic heterocycles. The second-order valence-corrected chi connectivity index (χ2v) is 9.05. The van der Waals surface area contributed by atoms with E-state index in [0.29, 0.717) is 28.3 Å². The van der Waals surface area contributed by atoms with E-state index in [1.54, 1.807) is 91.0 Å².